The molecule has 1 aromatic carbocycles. The monoisotopic (exact) mass is 236 g/mol. The summed E-state index contributed by atoms with van der Waals surface area (Å²) in [5.74, 6) is 0. The number of nitrogens with zero attached hydrogens (tertiary/aromatic N) is 1. The quantitative estimate of drug-likeness (QED) is 0.475. The summed E-state index contributed by atoms with van der Waals surface area (Å²) in [6, 6.07) is 9.38. The molecule has 0 fully saturated rings. The summed E-state index contributed by atoms with van der Waals surface area (Å²) >= 11 is 16.3. The van der Waals surface area contributed by atoms with E-state index in [9.17, 15) is 0 Å². The minimum atomic E-state index is -1.46. The molecule has 2 nitrogen and oxygen atoms in total. The zero-order valence-electron chi connectivity index (χ0n) is 6.55. The lowest BCUT2D eigenvalue weighted by atomic mass is 10.3. The molecule has 70 valence electrons. The number of para-hydroxylation sites is 1. The van der Waals surface area contributed by atoms with Gasteiger partial charge in [-0.05, 0) is 12.1 Å². The van der Waals surface area contributed by atoms with Gasteiger partial charge in [-0.15, -0.1) is 0 Å². The summed E-state index contributed by atoms with van der Waals surface area (Å²) in [4.78, 5) is 0. The molecule has 0 heterocycles. The summed E-state index contributed by atoms with van der Waals surface area (Å²) in [6.45, 7) is 0. The van der Waals surface area contributed by atoms with Gasteiger partial charge in [0.1, 0.15) is 0 Å². The van der Waals surface area contributed by atoms with Crippen LogP contribution in [0.2, 0.25) is 0 Å². The van der Waals surface area contributed by atoms with Crippen molar-refractivity contribution in [2.75, 3.05) is 5.43 Å². The number of hydrogen-bond donors (Lipinski definition) is 1. The lowest BCUT2D eigenvalue weighted by molar-refractivity contribution is 1.33. The summed E-state index contributed by atoms with van der Waals surface area (Å²) in [5, 5.41) is 3.74. The number of hydrogen-bond acceptors (Lipinski definition) is 2. The van der Waals surface area contributed by atoms with Gasteiger partial charge in [-0.3, -0.25) is 5.43 Å². The highest BCUT2D eigenvalue weighted by Gasteiger charge is 2.15. The molecule has 0 saturated carbocycles. The Morgan fingerprint density at radius 3 is 2.31 bits per heavy atom. The van der Waals surface area contributed by atoms with Crippen molar-refractivity contribution in [1.29, 1.82) is 0 Å². The second kappa shape index (κ2) is 4.70. The third kappa shape index (κ3) is 4.98. The van der Waals surface area contributed by atoms with Crippen molar-refractivity contribution in [2.45, 2.75) is 3.79 Å². The largest absolute Gasteiger partial charge is 0.279 e. The van der Waals surface area contributed by atoms with E-state index in [0.717, 1.165) is 5.69 Å². The molecule has 0 atom stereocenters. The lowest BCUT2D eigenvalue weighted by Crippen LogP contribution is -2.04. The van der Waals surface area contributed by atoms with E-state index in [0.29, 0.717) is 0 Å². The molecule has 0 amide bonds. The van der Waals surface area contributed by atoms with Gasteiger partial charge in [0.05, 0.1) is 11.9 Å². The number of alkyl halides is 3. The van der Waals surface area contributed by atoms with E-state index in [-0.39, 0.29) is 0 Å². The van der Waals surface area contributed by atoms with E-state index in [1.807, 2.05) is 30.3 Å². The van der Waals surface area contributed by atoms with E-state index in [4.69, 9.17) is 34.8 Å². The lowest BCUT2D eigenvalue weighted by Gasteiger charge is -2.02. The third-order valence-electron chi connectivity index (χ3n) is 1.18. The predicted molar refractivity (Wildman–Crippen MR) is 58.8 cm³/mol. The van der Waals surface area contributed by atoms with E-state index in [2.05, 4.69) is 10.5 Å². The van der Waals surface area contributed by atoms with Gasteiger partial charge in [-0.25, -0.2) is 0 Å². The van der Waals surface area contributed by atoms with Crippen LogP contribution in [0.5, 0.6) is 0 Å². The average Bonchev–Trinajstić information content (AvgIpc) is 2.04. The maximum absolute atomic E-state index is 5.44. The standard InChI is InChI=1S/C8H7Cl3N2/c9-8(10,11)6-12-13-7-4-2-1-3-5-7/h1-6,13H. The van der Waals surface area contributed by atoms with Crippen molar-refractivity contribution in [3.63, 3.8) is 0 Å². The Kier molecular flexibility index (Phi) is 3.85. The molecule has 0 unspecified atom stereocenters. The van der Waals surface area contributed by atoms with Crippen molar-refractivity contribution < 1.29 is 0 Å². The molecule has 0 bridgehead atoms. The topological polar surface area (TPSA) is 24.4 Å². The molecule has 0 aromatic heterocycles. The molecule has 5 heteroatoms. The first-order valence-corrected chi connectivity index (χ1v) is 4.63. The van der Waals surface area contributed by atoms with Crippen LogP contribution in [0, 0.1) is 0 Å². The maximum Gasteiger partial charge on any atom is 0.227 e. The van der Waals surface area contributed by atoms with Crippen molar-refractivity contribution in [3.05, 3.63) is 30.3 Å². The Morgan fingerprint density at radius 2 is 1.77 bits per heavy atom. The number of rotatable bonds is 2. The Balaban J connectivity index is 2.49. The van der Waals surface area contributed by atoms with Gasteiger partial charge >= 0.3 is 0 Å². The van der Waals surface area contributed by atoms with Gasteiger partial charge in [0.2, 0.25) is 3.79 Å². The normalized spacial score (nSPS) is 11.9. The summed E-state index contributed by atoms with van der Waals surface area (Å²) in [7, 11) is 0. The highest BCUT2D eigenvalue weighted by molar-refractivity contribution is 6.74. The summed E-state index contributed by atoms with van der Waals surface area (Å²) in [5.41, 5.74) is 3.56. The van der Waals surface area contributed by atoms with Crippen molar-refractivity contribution in [2.24, 2.45) is 5.10 Å². The number of halogens is 3. The number of nitrogens with one attached hydrogen (secondary N) is 1. The Hall–Kier alpha value is -0.440. The summed E-state index contributed by atoms with van der Waals surface area (Å²) in [6.07, 6.45) is 1.20. The van der Waals surface area contributed by atoms with Crippen LogP contribution in [0.15, 0.2) is 35.4 Å². The van der Waals surface area contributed by atoms with E-state index in [1.165, 1.54) is 6.21 Å². The van der Waals surface area contributed by atoms with Crippen LogP contribution in [0.4, 0.5) is 5.69 Å². The van der Waals surface area contributed by atoms with Crippen molar-refractivity contribution in [3.8, 4) is 0 Å². The van der Waals surface area contributed by atoms with Gasteiger partial charge in [-0.1, -0.05) is 53.0 Å². The van der Waals surface area contributed by atoms with Gasteiger partial charge < -0.3 is 0 Å². The first-order chi connectivity index (χ1) is 6.08. The Bertz CT molecular complexity index is 279. The predicted octanol–water partition coefficient (Wildman–Crippen LogP) is 3.45. The average molecular weight is 238 g/mol. The fourth-order valence-electron chi connectivity index (χ4n) is 0.693. The molecule has 1 rings (SSSR count). The van der Waals surface area contributed by atoms with Gasteiger partial charge in [0.15, 0.2) is 0 Å². The van der Waals surface area contributed by atoms with E-state index < -0.39 is 3.79 Å². The van der Waals surface area contributed by atoms with Crippen LogP contribution in [0.3, 0.4) is 0 Å². The molecule has 1 N–H and O–H groups in total. The van der Waals surface area contributed by atoms with Crippen LogP contribution < -0.4 is 5.43 Å². The molecule has 1 aromatic rings. The zero-order chi connectivity index (χ0) is 9.73. The van der Waals surface area contributed by atoms with Crippen molar-refractivity contribution >= 4 is 46.7 Å². The number of anilines is 1. The van der Waals surface area contributed by atoms with E-state index >= 15 is 0 Å². The maximum atomic E-state index is 5.44. The van der Waals surface area contributed by atoms with Crippen LogP contribution in [-0.2, 0) is 0 Å². The highest BCUT2D eigenvalue weighted by Crippen LogP contribution is 2.22. The van der Waals surface area contributed by atoms with Gasteiger partial charge in [0.25, 0.3) is 0 Å². The number of hydrazone groups is 1. The molecular formula is C8H7Cl3N2. The second-order valence-corrected chi connectivity index (χ2v) is 4.65. The molecule has 0 aliphatic heterocycles. The van der Waals surface area contributed by atoms with Crippen LogP contribution in [0.25, 0.3) is 0 Å². The Labute approximate surface area is 91.5 Å². The van der Waals surface area contributed by atoms with Crippen LogP contribution in [0.1, 0.15) is 0 Å². The molecule has 13 heavy (non-hydrogen) atoms. The van der Waals surface area contributed by atoms with Gasteiger partial charge in [-0.2, -0.15) is 5.10 Å². The minimum absolute atomic E-state index is 0.841. The third-order valence-corrected chi connectivity index (χ3v) is 1.47. The molecule has 0 radical (unpaired) electrons. The zero-order valence-corrected chi connectivity index (χ0v) is 8.81. The summed E-state index contributed by atoms with van der Waals surface area (Å²) < 4.78 is -1.46. The number of benzene rings is 1. The highest BCUT2D eigenvalue weighted by atomic mass is 35.6. The molecule has 0 aliphatic rings. The van der Waals surface area contributed by atoms with Crippen molar-refractivity contribution in [1.82, 2.24) is 0 Å². The SMILES string of the molecule is ClC(Cl)(Cl)C=NNc1ccccc1. The molecule has 0 saturated heterocycles. The first kappa shape index (κ1) is 10.6. The second-order valence-electron chi connectivity index (χ2n) is 2.28. The Morgan fingerprint density at radius 1 is 1.15 bits per heavy atom. The fourth-order valence-corrected chi connectivity index (χ4v) is 0.839. The van der Waals surface area contributed by atoms with Crippen LogP contribution >= 0.6 is 34.8 Å². The molecule has 0 spiro atoms. The fraction of sp³-hybridized carbons (Fsp3) is 0.125. The minimum Gasteiger partial charge on any atom is -0.279 e. The van der Waals surface area contributed by atoms with Gasteiger partial charge in [0, 0.05) is 0 Å². The first-order valence-electron chi connectivity index (χ1n) is 3.50. The smallest absolute Gasteiger partial charge is 0.227 e. The van der Waals surface area contributed by atoms with Crippen LogP contribution in [-0.4, -0.2) is 10.0 Å². The van der Waals surface area contributed by atoms with E-state index in [1.54, 1.807) is 0 Å². The molecule has 0 aliphatic carbocycles. The molecular weight excluding hydrogens is 230 g/mol.